The van der Waals surface area contributed by atoms with Crippen molar-refractivity contribution in [3.8, 4) is 0 Å². The predicted molar refractivity (Wildman–Crippen MR) is 70.7 cm³/mol. The summed E-state index contributed by atoms with van der Waals surface area (Å²) < 4.78 is 0. The Kier molecular flexibility index (Phi) is 4.61. The maximum absolute atomic E-state index is 11.8. The van der Waals surface area contributed by atoms with E-state index in [9.17, 15) is 4.79 Å². The molecule has 0 unspecified atom stereocenters. The van der Waals surface area contributed by atoms with Crippen LogP contribution in [0, 0.1) is 17.8 Å². The second kappa shape index (κ2) is 5.75. The Morgan fingerprint density at radius 3 is 2.35 bits per heavy atom. The highest BCUT2D eigenvalue weighted by Gasteiger charge is 2.18. The Hall–Kier alpha value is -1.45. The third-order valence-electron chi connectivity index (χ3n) is 3.16. The van der Waals surface area contributed by atoms with Gasteiger partial charge in [0, 0.05) is 18.4 Å². The number of aromatic nitrogens is 1. The summed E-state index contributed by atoms with van der Waals surface area (Å²) in [5.41, 5.74) is 6.66. The predicted octanol–water partition coefficient (Wildman–Crippen LogP) is 2.25. The molecule has 0 radical (unpaired) electrons. The van der Waals surface area contributed by atoms with Crippen LogP contribution in [0.2, 0.25) is 0 Å². The van der Waals surface area contributed by atoms with Crippen LogP contribution in [0.1, 0.15) is 38.2 Å². The van der Waals surface area contributed by atoms with E-state index in [-0.39, 0.29) is 5.91 Å². The zero-order chi connectivity index (χ0) is 13.0. The first kappa shape index (κ1) is 13.6. The van der Waals surface area contributed by atoms with Crippen molar-refractivity contribution >= 4 is 11.6 Å². The maximum Gasteiger partial charge on any atom is 0.267 e. The van der Waals surface area contributed by atoms with Crippen LogP contribution in [0.3, 0.4) is 0 Å². The monoisotopic (exact) mass is 237 g/mol. The van der Waals surface area contributed by atoms with Crippen molar-refractivity contribution in [2.75, 3.05) is 12.3 Å². The van der Waals surface area contributed by atoms with Crippen molar-refractivity contribution < 1.29 is 4.79 Å². The highest BCUT2D eigenvalue weighted by molar-refractivity contribution is 5.93. The fourth-order valence-electron chi connectivity index (χ4n) is 2.09. The maximum atomic E-state index is 11.8. The van der Waals surface area contributed by atoms with Crippen LogP contribution in [0.5, 0.6) is 0 Å². The minimum atomic E-state index is -0.0898. The van der Waals surface area contributed by atoms with Crippen molar-refractivity contribution in [2.24, 2.45) is 17.8 Å². The molecule has 0 saturated heterocycles. The molecule has 4 nitrogen and oxygen atoms in total. The highest BCUT2D eigenvalue weighted by atomic mass is 16.1. The fourth-order valence-corrected chi connectivity index (χ4v) is 2.09. The molecular formula is C13H23N3O. The number of amides is 1. The van der Waals surface area contributed by atoms with Crippen LogP contribution < -0.4 is 11.1 Å². The lowest BCUT2D eigenvalue weighted by molar-refractivity contribution is 0.0933. The number of carbonyl (C=O) groups is 1. The number of carbonyl (C=O) groups excluding carboxylic acids is 1. The van der Waals surface area contributed by atoms with Crippen LogP contribution in [0.15, 0.2) is 12.3 Å². The lowest BCUT2D eigenvalue weighted by Gasteiger charge is -2.24. The van der Waals surface area contributed by atoms with Gasteiger partial charge < -0.3 is 16.0 Å². The van der Waals surface area contributed by atoms with Gasteiger partial charge in [-0.1, -0.05) is 27.7 Å². The van der Waals surface area contributed by atoms with E-state index in [1.54, 1.807) is 12.3 Å². The molecule has 0 aliphatic carbocycles. The fraction of sp³-hybridized carbons (Fsp3) is 0.615. The SMILES string of the molecule is CC(C)C(CNC(=O)c1cc(N)c[nH]1)C(C)C. The molecule has 1 rings (SSSR count). The van der Waals surface area contributed by atoms with Crippen LogP contribution in [-0.4, -0.2) is 17.4 Å². The smallest absolute Gasteiger partial charge is 0.267 e. The van der Waals surface area contributed by atoms with E-state index in [4.69, 9.17) is 5.73 Å². The summed E-state index contributed by atoms with van der Waals surface area (Å²) in [4.78, 5) is 14.7. The largest absolute Gasteiger partial charge is 0.397 e. The highest BCUT2D eigenvalue weighted by Crippen LogP contribution is 2.19. The average Bonchev–Trinajstić information content (AvgIpc) is 2.63. The first-order chi connectivity index (χ1) is 7.91. The lowest BCUT2D eigenvalue weighted by Crippen LogP contribution is -2.34. The zero-order valence-corrected chi connectivity index (χ0v) is 11.1. The first-order valence-electron chi connectivity index (χ1n) is 6.14. The average molecular weight is 237 g/mol. The number of nitrogen functional groups attached to an aromatic ring is 1. The number of anilines is 1. The summed E-state index contributed by atoms with van der Waals surface area (Å²) >= 11 is 0. The summed E-state index contributed by atoms with van der Waals surface area (Å²) in [5, 5.41) is 2.95. The molecule has 96 valence electrons. The van der Waals surface area contributed by atoms with Gasteiger partial charge in [0.1, 0.15) is 5.69 Å². The first-order valence-corrected chi connectivity index (χ1v) is 6.14. The molecule has 4 heteroatoms. The molecule has 1 amide bonds. The molecule has 17 heavy (non-hydrogen) atoms. The van der Waals surface area contributed by atoms with Crippen molar-refractivity contribution in [3.63, 3.8) is 0 Å². The van der Waals surface area contributed by atoms with Crippen LogP contribution >= 0.6 is 0 Å². The molecular weight excluding hydrogens is 214 g/mol. The van der Waals surface area contributed by atoms with E-state index in [1.807, 2.05) is 0 Å². The quantitative estimate of drug-likeness (QED) is 0.735. The Balaban J connectivity index is 2.52. The molecule has 0 saturated carbocycles. The summed E-state index contributed by atoms with van der Waals surface area (Å²) in [6, 6.07) is 1.65. The Morgan fingerprint density at radius 2 is 1.94 bits per heavy atom. The topological polar surface area (TPSA) is 70.9 Å². The second-order valence-electron chi connectivity index (χ2n) is 5.21. The molecule has 0 fully saturated rings. The van der Waals surface area contributed by atoms with Gasteiger partial charge in [-0.25, -0.2) is 0 Å². The summed E-state index contributed by atoms with van der Waals surface area (Å²) in [6.07, 6.45) is 1.62. The minimum absolute atomic E-state index is 0.0898. The van der Waals surface area contributed by atoms with Gasteiger partial charge in [-0.05, 0) is 23.8 Å². The van der Waals surface area contributed by atoms with Gasteiger partial charge in [-0.15, -0.1) is 0 Å². The van der Waals surface area contributed by atoms with Gasteiger partial charge in [0.05, 0.1) is 0 Å². The molecule has 1 heterocycles. The van der Waals surface area contributed by atoms with Crippen molar-refractivity contribution in [2.45, 2.75) is 27.7 Å². The number of nitrogens with one attached hydrogen (secondary N) is 2. The van der Waals surface area contributed by atoms with E-state index in [0.29, 0.717) is 35.7 Å². The van der Waals surface area contributed by atoms with Gasteiger partial charge in [-0.3, -0.25) is 4.79 Å². The Morgan fingerprint density at radius 1 is 1.35 bits per heavy atom. The molecule has 0 spiro atoms. The number of H-pyrrole nitrogens is 1. The van der Waals surface area contributed by atoms with Gasteiger partial charge in [0.2, 0.25) is 0 Å². The van der Waals surface area contributed by atoms with Crippen LogP contribution in [-0.2, 0) is 0 Å². The van der Waals surface area contributed by atoms with E-state index < -0.39 is 0 Å². The van der Waals surface area contributed by atoms with E-state index in [1.165, 1.54) is 0 Å². The van der Waals surface area contributed by atoms with E-state index in [2.05, 4.69) is 38.0 Å². The van der Waals surface area contributed by atoms with Gasteiger partial charge in [0.25, 0.3) is 5.91 Å². The molecule has 0 atom stereocenters. The summed E-state index contributed by atoms with van der Waals surface area (Å²) in [6.45, 7) is 9.44. The second-order valence-corrected chi connectivity index (χ2v) is 5.21. The molecule has 0 aliphatic rings. The molecule has 0 bridgehead atoms. The van der Waals surface area contributed by atoms with Crippen molar-refractivity contribution in [1.29, 1.82) is 0 Å². The number of hydrogen-bond donors (Lipinski definition) is 3. The summed E-state index contributed by atoms with van der Waals surface area (Å²) in [7, 11) is 0. The number of rotatable bonds is 5. The normalized spacial score (nSPS) is 11.5. The third-order valence-corrected chi connectivity index (χ3v) is 3.16. The molecule has 0 aliphatic heterocycles. The van der Waals surface area contributed by atoms with Crippen LogP contribution in [0.4, 0.5) is 5.69 Å². The third kappa shape index (κ3) is 3.80. The molecule has 1 aromatic rings. The van der Waals surface area contributed by atoms with Gasteiger partial charge in [-0.2, -0.15) is 0 Å². The zero-order valence-electron chi connectivity index (χ0n) is 11.1. The van der Waals surface area contributed by atoms with Gasteiger partial charge in [0.15, 0.2) is 0 Å². The lowest BCUT2D eigenvalue weighted by atomic mass is 9.85. The standard InChI is InChI=1S/C13H23N3O/c1-8(2)11(9(3)4)7-16-13(17)12-5-10(14)6-15-12/h5-6,8-9,11,15H,7,14H2,1-4H3,(H,16,17). The number of aromatic amines is 1. The Labute approximate surface area is 103 Å². The Bertz CT molecular complexity index is 360. The van der Waals surface area contributed by atoms with Gasteiger partial charge >= 0.3 is 0 Å². The molecule has 0 aromatic carbocycles. The number of nitrogens with two attached hydrogens (primary N) is 1. The van der Waals surface area contributed by atoms with Crippen molar-refractivity contribution in [3.05, 3.63) is 18.0 Å². The molecule has 1 aromatic heterocycles. The minimum Gasteiger partial charge on any atom is -0.397 e. The number of hydrogen-bond acceptors (Lipinski definition) is 2. The van der Waals surface area contributed by atoms with Crippen molar-refractivity contribution in [1.82, 2.24) is 10.3 Å². The van der Waals surface area contributed by atoms with E-state index >= 15 is 0 Å². The molecule has 4 N–H and O–H groups in total. The van der Waals surface area contributed by atoms with E-state index in [0.717, 1.165) is 0 Å². The van der Waals surface area contributed by atoms with Crippen LogP contribution in [0.25, 0.3) is 0 Å². The summed E-state index contributed by atoms with van der Waals surface area (Å²) in [5.74, 6) is 1.52.